The molecular formula is C13H16N4O. The fraction of sp³-hybridized carbons (Fsp3) is 0.385. The number of aromatic amines is 1. The van der Waals surface area contributed by atoms with Crippen molar-refractivity contribution in [2.75, 3.05) is 0 Å². The number of hydrogen-bond donors (Lipinski definition) is 1. The van der Waals surface area contributed by atoms with Gasteiger partial charge < -0.3 is 9.40 Å². The molecule has 0 aliphatic heterocycles. The van der Waals surface area contributed by atoms with Crippen LogP contribution in [0.5, 0.6) is 0 Å². The van der Waals surface area contributed by atoms with Crippen LogP contribution < -0.4 is 0 Å². The summed E-state index contributed by atoms with van der Waals surface area (Å²) in [6, 6.07) is 2.21. The van der Waals surface area contributed by atoms with E-state index in [1.54, 1.807) is 12.5 Å². The van der Waals surface area contributed by atoms with Crippen LogP contribution in [0.3, 0.4) is 0 Å². The second-order valence-electron chi connectivity index (χ2n) is 4.91. The van der Waals surface area contributed by atoms with Crippen molar-refractivity contribution in [2.45, 2.75) is 26.8 Å². The monoisotopic (exact) mass is 244 g/mol. The van der Waals surface area contributed by atoms with Crippen LogP contribution in [-0.2, 0) is 0 Å². The van der Waals surface area contributed by atoms with E-state index in [1.165, 1.54) is 0 Å². The predicted octanol–water partition coefficient (Wildman–Crippen LogP) is 3.24. The van der Waals surface area contributed by atoms with E-state index in [0.717, 1.165) is 22.6 Å². The minimum atomic E-state index is 0.322. The van der Waals surface area contributed by atoms with Gasteiger partial charge in [-0.15, -0.1) is 0 Å². The van der Waals surface area contributed by atoms with Crippen LogP contribution >= 0.6 is 0 Å². The Hall–Kier alpha value is -2.04. The van der Waals surface area contributed by atoms with Gasteiger partial charge in [0.2, 0.25) is 0 Å². The summed E-state index contributed by atoms with van der Waals surface area (Å²) in [4.78, 5) is 7.86. The van der Waals surface area contributed by atoms with E-state index >= 15 is 0 Å². The summed E-state index contributed by atoms with van der Waals surface area (Å²) in [6.45, 7) is 6.52. The topological polar surface area (TPSA) is 59.6 Å². The number of imidazole rings is 1. The molecule has 1 N–H and O–H groups in total. The van der Waals surface area contributed by atoms with Gasteiger partial charge in [0.15, 0.2) is 5.65 Å². The van der Waals surface area contributed by atoms with E-state index in [4.69, 9.17) is 4.42 Å². The number of aromatic nitrogens is 4. The molecule has 0 saturated carbocycles. The van der Waals surface area contributed by atoms with E-state index in [1.807, 2.05) is 16.9 Å². The molecule has 1 atom stereocenters. The van der Waals surface area contributed by atoms with Crippen LogP contribution in [0, 0.1) is 5.92 Å². The van der Waals surface area contributed by atoms with Crippen molar-refractivity contribution in [3.8, 4) is 11.4 Å². The van der Waals surface area contributed by atoms with Gasteiger partial charge in [-0.2, -0.15) is 5.10 Å². The average molecular weight is 244 g/mol. The Morgan fingerprint density at radius 2 is 2.17 bits per heavy atom. The maximum atomic E-state index is 5.07. The number of nitrogens with zero attached hydrogens (tertiary/aromatic N) is 3. The van der Waals surface area contributed by atoms with E-state index in [2.05, 4.69) is 35.8 Å². The Balaban J connectivity index is 2.08. The van der Waals surface area contributed by atoms with Crippen molar-refractivity contribution >= 4 is 11.2 Å². The lowest BCUT2D eigenvalue weighted by Crippen LogP contribution is -2.12. The molecule has 1 unspecified atom stereocenters. The summed E-state index contributed by atoms with van der Waals surface area (Å²) in [7, 11) is 0. The normalized spacial score (nSPS) is 13.6. The first-order valence-corrected chi connectivity index (χ1v) is 6.12. The first-order chi connectivity index (χ1) is 8.66. The zero-order valence-electron chi connectivity index (χ0n) is 10.7. The van der Waals surface area contributed by atoms with E-state index in [0.29, 0.717) is 12.0 Å². The van der Waals surface area contributed by atoms with Gasteiger partial charge >= 0.3 is 0 Å². The highest BCUT2D eigenvalue weighted by atomic mass is 16.3. The molecule has 5 heteroatoms. The maximum absolute atomic E-state index is 5.07. The molecule has 0 saturated heterocycles. The van der Waals surface area contributed by atoms with Crippen molar-refractivity contribution in [3.05, 3.63) is 24.8 Å². The summed E-state index contributed by atoms with van der Waals surface area (Å²) in [5, 5.41) is 4.40. The number of hydrogen-bond acceptors (Lipinski definition) is 3. The molecule has 0 spiro atoms. The first kappa shape index (κ1) is 11.1. The lowest BCUT2D eigenvalue weighted by atomic mass is 10.1. The van der Waals surface area contributed by atoms with Crippen LogP contribution in [0.25, 0.3) is 22.6 Å². The van der Waals surface area contributed by atoms with Crippen LogP contribution in [0.1, 0.15) is 26.8 Å². The number of fused-ring (bicyclic) bond motifs is 1. The third-order valence-electron chi connectivity index (χ3n) is 3.39. The second-order valence-corrected chi connectivity index (χ2v) is 4.91. The third-order valence-corrected chi connectivity index (χ3v) is 3.39. The van der Waals surface area contributed by atoms with Crippen molar-refractivity contribution in [1.82, 2.24) is 19.7 Å². The minimum Gasteiger partial charge on any atom is -0.472 e. The highest BCUT2D eigenvalue weighted by Gasteiger charge is 2.17. The molecule has 18 heavy (non-hydrogen) atoms. The van der Waals surface area contributed by atoms with Gasteiger partial charge in [-0.25, -0.2) is 9.67 Å². The minimum absolute atomic E-state index is 0.322. The third kappa shape index (κ3) is 1.63. The Kier molecular flexibility index (Phi) is 2.47. The van der Waals surface area contributed by atoms with Crippen molar-refractivity contribution in [1.29, 1.82) is 0 Å². The fourth-order valence-electron chi connectivity index (χ4n) is 1.93. The van der Waals surface area contributed by atoms with Gasteiger partial charge in [0.25, 0.3) is 0 Å². The van der Waals surface area contributed by atoms with Crippen LogP contribution in [-0.4, -0.2) is 19.7 Å². The van der Waals surface area contributed by atoms with E-state index in [-0.39, 0.29) is 0 Å². The lowest BCUT2D eigenvalue weighted by molar-refractivity contribution is 0.384. The van der Waals surface area contributed by atoms with Crippen LogP contribution in [0.15, 0.2) is 29.2 Å². The quantitative estimate of drug-likeness (QED) is 0.769. The van der Waals surface area contributed by atoms with E-state index in [9.17, 15) is 0 Å². The smallest absolute Gasteiger partial charge is 0.177 e. The molecule has 0 radical (unpaired) electrons. The van der Waals surface area contributed by atoms with Gasteiger partial charge in [-0.3, -0.25) is 0 Å². The molecule has 94 valence electrons. The summed E-state index contributed by atoms with van der Waals surface area (Å²) in [5.41, 5.74) is 2.81. The van der Waals surface area contributed by atoms with Gasteiger partial charge in [-0.05, 0) is 18.9 Å². The lowest BCUT2D eigenvalue weighted by Gasteiger charge is -2.15. The Morgan fingerprint density at radius 1 is 1.33 bits per heavy atom. The molecule has 5 nitrogen and oxygen atoms in total. The molecule has 0 aromatic carbocycles. The number of H-pyrrole nitrogens is 1. The highest BCUT2D eigenvalue weighted by Crippen LogP contribution is 2.24. The maximum Gasteiger partial charge on any atom is 0.177 e. The summed E-state index contributed by atoms with van der Waals surface area (Å²) in [6.07, 6.45) is 5.15. The molecule has 0 fully saturated rings. The van der Waals surface area contributed by atoms with Crippen molar-refractivity contribution in [3.63, 3.8) is 0 Å². The standard InChI is InChI=1S/C13H16N4O/c1-8(2)9(3)17-13-11(6-14-17)15-12(16-13)10-4-5-18-7-10/h4-9H,1-3H3,(H,15,16). The summed E-state index contributed by atoms with van der Waals surface area (Å²) < 4.78 is 7.05. The van der Waals surface area contributed by atoms with Gasteiger partial charge in [0.1, 0.15) is 17.6 Å². The fourth-order valence-corrected chi connectivity index (χ4v) is 1.93. The van der Waals surface area contributed by atoms with Gasteiger partial charge in [0.05, 0.1) is 24.1 Å². The van der Waals surface area contributed by atoms with Crippen LogP contribution in [0.4, 0.5) is 0 Å². The first-order valence-electron chi connectivity index (χ1n) is 6.12. The summed E-state index contributed by atoms with van der Waals surface area (Å²) in [5.74, 6) is 1.34. The number of rotatable bonds is 3. The van der Waals surface area contributed by atoms with Crippen LogP contribution in [0.2, 0.25) is 0 Å². The molecule has 0 bridgehead atoms. The van der Waals surface area contributed by atoms with E-state index < -0.39 is 0 Å². The predicted molar refractivity (Wildman–Crippen MR) is 69.1 cm³/mol. The molecule has 3 aromatic heterocycles. The molecular weight excluding hydrogens is 228 g/mol. The zero-order chi connectivity index (χ0) is 12.7. The zero-order valence-corrected chi connectivity index (χ0v) is 10.7. The Labute approximate surface area is 105 Å². The van der Waals surface area contributed by atoms with Gasteiger partial charge in [-0.1, -0.05) is 13.8 Å². The second kappa shape index (κ2) is 4.01. The molecule has 3 aromatic rings. The molecule has 3 rings (SSSR count). The van der Waals surface area contributed by atoms with Gasteiger partial charge in [0, 0.05) is 0 Å². The Bertz CT molecular complexity index is 648. The number of nitrogens with one attached hydrogen (secondary N) is 1. The molecule has 3 heterocycles. The summed E-state index contributed by atoms with van der Waals surface area (Å²) >= 11 is 0. The molecule has 0 amide bonds. The van der Waals surface area contributed by atoms with Crippen molar-refractivity contribution in [2.24, 2.45) is 5.92 Å². The molecule has 0 aliphatic rings. The van der Waals surface area contributed by atoms with Crippen molar-refractivity contribution < 1.29 is 4.42 Å². The SMILES string of the molecule is CC(C)C(C)n1ncc2[nH]c(-c3ccoc3)nc21. The number of furan rings is 1. The highest BCUT2D eigenvalue weighted by molar-refractivity contribution is 5.75. The Morgan fingerprint density at radius 3 is 2.83 bits per heavy atom. The molecule has 0 aliphatic carbocycles. The average Bonchev–Trinajstić information content (AvgIpc) is 3.03. The largest absolute Gasteiger partial charge is 0.472 e.